The number of fused-ring (bicyclic) bond motifs is 1. The van der Waals surface area contributed by atoms with Crippen LogP contribution in [0.2, 0.25) is 0 Å². The van der Waals surface area contributed by atoms with Gasteiger partial charge in [-0.2, -0.15) is 0 Å². The van der Waals surface area contributed by atoms with Crippen LogP contribution in [0.25, 0.3) is 0 Å². The summed E-state index contributed by atoms with van der Waals surface area (Å²) >= 11 is 1.74. The molecule has 0 radical (unpaired) electrons. The topological polar surface area (TPSA) is 49.9 Å². The lowest BCUT2D eigenvalue weighted by Crippen LogP contribution is -2.49. The van der Waals surface area contributed by atoms with Crippen molar-refractivity contribution in [2.24, 2.45) is 5.92 Å². The Morgan fingerprint density at radius 1 is 1.09 bits per heavy atom. The van der Waals surface area contributed by atoms with Crippen molar-refractivity contribution in [3.63, 3.8) is 0 Å². The second-order valence-electron chi connectivity index (χ2n) is 9.90. The van der Waals surface area contributed by atoms with Crippen molar-refractivity contribution in [2.75, 3.05) is 19.7 Å². The van der Waals surface area contributed by atoms with Gasteiger partial charge in [0.15, 0.2) is 0 Å². The highest BCUT2D eigenvalue weighted by Gasteiger charge is 2.34. The van der Waals surface area contributed by atoms with Gasteiger partial charge in [-0.15, -0.1) is 11.3 Å². The lowest BCUT2D eigenvalue weighted by Gasteiger charge is -2.38. The summed E-state index contributed by atoms with van der Waals surface area (Å²) in [6.45, 7) is 13.5. The molecule has 180 valence electrons. The van der Waals surface area contributed by atoms with Crippen molar-refractivity contribution >= 4 is 23.2 Å². The first-order valence-corrected chi connectivity index (χ1v) is 12.9. The molecule has 0 aliphatic carbocycles. The predicted molar refractivity (Wildman–Crippen MR) is 135 cm³/mol. The molecule has 1 aromatic carbocycles. The number of ether oxygens (including phenoxy) is 1. The van der Waals surface area contributed by atoms with Crippen LogP contribution < -0.4 is 4.74 Å². The first kappa shape index (κ1) is 25.3. The molecule has 1 aromatic heterocycles. The fourth-order valence-electron chi connectivity index (χ4n) is 4.26. The molecule has 0 unspecified atom stereocenters. The van der Waals surface area contributed by atoms with Crippen molar-refractivity contribution in [3.05, 3.63) is 51.7 Å². The van der Waals surface area contributed by atoms with Crippen LogP contribution in [-0.4, -0.2) is 47.4 Å². The summed E-state index contributed by atoms with van der Waals surface area (Å²) in [5.41, 5.74) is 2.44. The standard InChI is InChI=1S/C27H38N2O3S/c1-18(2)15-26(30)29(20(5)6)16-27(31)28-13-11-25-23(12-14-33-25)24(28)17-32-22-9-7-21(8-10-22)19(3)4/h7-10,12,14,18-20,24H,11,13,15-17H2,1-6H3/t24-/m1/s1. The molecule has 0 saturated heterocycles. The molecular weight excluding hydrogens is 432 g/mol. The number of carbonyl (C=O) groups is 2. The average molecular weight is 471 g/mol. The van der Waals surface area contributed by atoms with Gasteiger partial charge < -0.3 is 14.5 Å². The van der Waals surface area contributed by atoms with E-state index in [0.717, 1.165) is 12.2 Å². The minimum atomic E-state index is -0.147. The van der Waals surface area contributed by atoms with Gasteiger partial charge in [0.05, 0.1) is 12.6 Å². The first-order valence-electron chi connectivity index (χ1n) is 12.0. The third kappa shape index (κ3) is 6.38. The Morgan fingerprint density at radius 2 is 1.79 bits per heavy atom. The first-order chi connectivity index (χ1) is 15.7. The van der Waals surface area contributed by atoms with Gasteiger partial charge in [-0.25, -0.2) is 0 Å². The van der Waals surface area contributed by atoms with Gasteiger partial charge in [0, 0.05) is 23.9 Å². The van der Waals surface area contributed by atoms with Crippen LogP contribution in [0.4, 0.5) is 0 Å². The molecule has 0 bridgehead atoms. The SMILES string of the molecule is CC(C)CC(=O)N(CC(=O)N1CCc2sccc2[C@H]1COc1ccc(C(C)C)cc1)C(C)C. The number of hydrogen-bond donors (Lipinski definition) is 0. The van der Waals surface area contributed by atoms with E-state index in [4.69, 9.17) is 4.74 Å². The minimum Gasteiger partial charge on any atom is -0.491 e. The lowest BCUT2D eigenvalue weighted by atomic mass is 10.00. The molecule has 1 atom stereocenters. The van der Waals surface area contributed by atoms with E-state index < -0.39 is 0 Å². The maximum Gasteiger partial charge on any atom is 0.242 e. The van der Waals surface area contributed by atoms with Crippen LogP contribution in [0.1, 0.15) is 75.9 Å². The Bertz CT molecular complexity index is 933. The number of amides is 2. The zero-order valence-corrected chi connectivity index (χ0v) is 21.7. The summed E-state index contributed by atoms with van der Waals surface area (Å²) < 4.78 is 6.17. The van der Waals surface area contributed by atoms with Gasteiger partial charge in [0.1, 0.15) is 12.4 Å². The maximum atomic E-state index is 13.5. The fourth-order valence-corrected chi connectivity index (χ4v) is 5.19. The van der Waals surface area contributed by atoms with E-state index in [1.54, 1.807) is 16.2 Å². The zero-order chi connectivity index (χ0) is 24.1. The van der Waals surface area contributed by atoms with Gasteiger partial charge in [0.2, 0.25) is 11.8 Å². The van der Waals surface area contributed by atoms with E-state index in [1.165, 1.54) is 16.0 Å². The number of rotatable bonds is 9. The quantitative estimate of drug-likeness (QED) is 0.475. The van der Waals surface area contributed by atoms with Crippen molar-refractivity contribution in [1.82, 2.24) is 9.80 Å². The number of hydrogen-bond acceptors (Lipinski definition) is 4. The van der Waals surface area contributed by atoms with Gasteiger partial charge in [-0.3, -0.25) is 9.59 Å². The maximum absolute atomic E-state index is 13.5. The second kappa shape index (κ2) is 11.2. The van der Waals surface area contributed by atoms with Gasteiger partial charge in [-0.05, 0) is 66.8 Å². The van der Waals surface area contributed by atoms with Crippen LogP contribution in [-0.2, 0) is 16.0 Å². The third-order valence-electron chi connectivity index (χ3n) is 6.20. The summed E-state index contributed by atoms with van der Waals surface area (Å²) in [5.74, 6) is 1.58. The number of benzene rings is 1. The normalized spacial score (nSPS) is 15.8. The molecule has 3 rings (SSSR count). The van der Waals surface area contributed by atoms with E-state index in [1.807, 2.05) is 44.7 Å². The van der Waals surface area contributed by atoms with Crippen LogP contribution in [0.15, 0.2) is 35.7 Å². The van der Waals surface area contributed by atoms with Crippen molar-refractivity contribution in [2.45, 2.75) is 72.4 Å². The van der Waals surface area contributed by atoms with Crippen LogP contribution in [0.3, 0.4) is 0 Å². The summed E-state index contributed by atoms with van der Waals surface area (Å²) in [6, 6.07) is 10.1. The smallest absolute Gasteiger partial charge is 0.242 e. The largest absolute Gasteiger partial charge is 0.491 e. The molecule has 2 amide bonds. The summed E-state index contributed by atoms with van der Waals surface area (Å²) in [6.07, 6.45) is 1.30. The van der Waals surface area contributed by atoms with Gasteiger partial charge in [-0.1, -0.05) is 39.8 Å². The van der Waals surface area contributed by atoms with E-state index in [2.05, 4.69) is 37.4 Å². The van der Waals surface area contributed by atoms with Crippen molar-refractivity contribution in [1.29, 1.82) is 0 Å². The van der Waals surface area contributed by atoms with E-state index >= 15 is 0 Å². The molecular formula is C27H38N2O3S. The molecule has 2 heterocycles. The molecule has 0 N–H and O–H groups in total. The Hall–Kier alpha value is -2.34. The Morgan fingerprint density at radius 3 is 2.39 bits per heavy atom. The molecule has 0 saturated carbocycles. The molecule has 0 fully saturated rings. The Balaban J connectivity index is 1.75. The lowest BCUT2D eigenvalue weighted by molar-refractivity contribution is -0.144. The molecule has 0 spiro atoms. The minimum absolute atomic E-state index is 0.0126. The van der Waals surface area contributed by atoms with E-state index in [9.17, 15) is 9.59 Å². The number of thiophene rings is 1. The van der Waals surface area contributed by atoms with Crippen LogP contribution in [0, 0.1) is 5.92 Å². The number of carbonyl (C=O) groups excluding carboxylic acids is 2. The van der Waals surface area contributed by atoms with Crippen molar-refractivity contribution in [3.8, 4) is 5.75 Å². The van der Waals surface area contributed by atoms with Crippen LogP contribution >= 0.6 is 11.3 Å². The van der Waals surface area contributed by atoms with Crippen LogP contribution in [0.5, 0.6) is 5.75 Å². The average Bonchev–Trinajstić information content (AvgIpc) is 3.24. The zero-order valence-electron chi connectivity index (χ0n) is 20.8. The fraction of sp³-hybridized carbons (Fsp3) is 0.556. The highest BCUT2D eigenvalue weighted by Crippen LogP contribution is 2.34. The summed E-state index contributed by atoms with van der Waals surface area (Å²) in [4.78, 5) is 31.2. The Kier molecular flexibility index (Phi) is 8.57. The molecule has 2 aromatic rings. The molecule has 33 heavy (non-hydrogen) atoms. The summed E-state index contributed by atoms with van der Waals surface area (Å²) in [5, 5.41) is 2.09. The number of nitrogens with zero attached hydrogens (tertiary/aromatic N) is 2. The Labute approximate surface area is 202 Å². The molecule has 5 nitrogen and oxygen atoms in total. The second-order valence-corrected chi connectivity index (χ2v) is 10.9. The summed E-state index contributed by atoms with van der Waals surface area (Å²) in [7, 11) is 0. The molecule has 1 aliphatic rings. The van der Waals surface area contributed by atoms with E-state index in [0.29, 0.717) is 25.5 Å². The van der Waals surface area contributed by atoms with Gasteiger partial charge >= 0.3 is 0 Å². The van der Waals surface area contributed by atoms with E-state index in [-0.39, 0.29) is 36.4 Å². The van der Waals surface area contributed by atoms with Gasteiger partial charge in [0.25, 0.3) is 0 Å². The molecule has 6 heteroatoms. The molecule has 1 aliphatic heterocycles. The predicted octanol–water partition coefficient (Wildman–Crippen LogP) is 5.66. The van der Waals surface area contributed by atoms with Crippen molar-refractivity contribution < 1.29 is 14.3 Å². The highest BCUT2D eigenvalue weighted by molar-refractivity contribution is 7.10. The highest BCUT2D eigenvalue weighted by atomic mass is 32.1. The monoisotopic (exact) mass is 470 g/mol. The third-order valence-corrected chi connectivity index (χ3v) is 7.20.